The largest absolute Gasteiger partial charge is 0.544 e. The van der Waals surface area contributed by atoms with Gasteiger partial charge in [-0.3, -0.25) is 5.73 Å². The molecular formula is C29H53N3O2. The molecule has 0 spiro atoms. The van der Waals surface area contributed by atoms with E-state index in [0.717, 1.165) is 31.5 Å². The quantitative estimate of drug-likeness (QED) is 0.101. The van der Waals surface area contributed by atoms with Gasteiger partial charge in [0.25, 0.3) is 0 Å². The van der Waals surface area contributed by atoms with Crippen molar-refractivity contribution in [2.24, 2.45) is 10.7 Å². The molecule has 0 aromatic rings. The molecule has 0 fully saturated rings. The summed E-state index contributed by atoms with van der Waals surface area (Å²) in [5, 5.41) is 11.2. The van der Waals surface area contributed by atoms with Crippen LogP contribution in [0, 0.1) is 0 Å². The first-order chi connectivity index (χ1) is 16.5. The standard InChI is InChI=1S/C29H53N3O2/c1-3-4-5-6-7-8-9-10-11-12-13-14-15-16-17-18-19-20-21-22-23-28-31-24-25-32(28,27(2)30)26-29(33)34/h16-17,24-25,27H,3-15,18-23,26,30H2,1-2H3/b17-16+. The Morgan fingerprint density at radius 1 is 0.882 bits per heavy atom. The molecule has 0 aromatic carbocycles. The van der Waals surface area contributed by atoms with E-state index < -0.39 is 5.97 Å². The van der Waals surface area contributed by atoms with Crippen LogP contribution in [0.5, 0.6) is 0 Å². The van der Waals surface area contributed by atoms with Gasteiger partial charge in [-0.1, -0.05) is 103 Å². The SMILES string of the molecule is CCCCCCCCCCCCCC/C=C/CCCCCCC1=NC=C[N+]1(CC(=O)[O-])C(C)N. The molecule has 1 aliphatic heterocycles. The lowest BCUT2D eigenvalue weighted by atomic mass is 10.0. The Balaban J connectivity index is 1.93. The number of aliphatic imine (C=N–C) groups is 1. The van der Waals surface area contributed by atoms with E-state index in [1.54, 1.807) is 12.4 Å². The average molecular weight is 476 g/mol. The molecule has 2 N–H and O–H groups in total. The summed E-state index contributed by atoms with van der Waals surface area (Å²) in [5.74, 6) is -0.242. The monoisotopic (exact) mass is 475 g/mol. The zero-order valence-electron chi connectivity index (χ0n) is 22.3. The number of quaternary nitrogens is 1. The third kappa shape index (κ3) is 13.4. The third-order valence-corrected chi connectivity index (χ3v) is 7.07. The maximum Gasteiger partial charge on any atom is 0.209 e. The highest BCUT2D eigenvalue weighted by Gasteiger charge is 2.38. The number of carboxylic acids is 1. The molecule has 34 heavy (non-hydrogen) atoms. The predicted molar refractivity (Wildman–Crippen MR) is 143 cm³/mol. The summed E-state index contributed by atoms with van der Waals surface area (Å²) in [6.45, 7) is 3.97. The summed E-state index contributed by atoms with van der Waals surface area (Å²) < 4.78 is 0.101. The van der Waals surface area contributed by atoms with Crippen molar-refractivity contribution in [1.82, 2.24) is 0 Å². The molecule has 1 rings (SSSR count). The second-order valence-electron chi connectivity index (χ2n) is 10.1. The number of nitrogens with two attached hydrogens (primary N) is 1. The molecule has 0 saturated carbocycles. The number of carbonyl (C=O) groups is 1. The van der Waals surface area contributed by atoms with Crippen LogP contribution in [0.3, 0.4) is 0 Å². The average Bonchev–Trinajstić information content (AvgIpc) is 3.20. The molecule has 5 heteroatoms. The molecule has 0 aromatic heterocycles. The van der Waals surface area contributed by atoms with Crippen molar-refractivity contribution in [1.29, 1.82) is 0 Å². The first kappa shape index (κ1) is 30.6. The fraction of sp³-hybridized carbons (Fsp3) is 0.793. The van der Waals surface area contributed by atoms with Crippen molar-refractivity contribution in [2.75, 3.05) is 6.54 Å². The Morgan fingerprint density at radius 2 is 1.35 bits per heavy atom. The van der Waals surface area contributed by atoms with E-state index in [-0.39, 0.29) is 17.2 Å². The lowest BCUT2D eigenvalue weighted by Crippen LogP contribution is -2.60. The number of aliphatic carboxylic acids is 1. The molecule has 0 aliphatic carbocycles. The highest BCUT2D eigenvalue weighted by atomic mass is 16.4. The predicted octanol–water partition coefficient (Wildman–Crippen LogP) is 6.73. The van der Waals surface area contributed by atoms with Crippen molar-refractivity contribution in [3.63, 3.8) is 0 Å². The molecule has 0 amide bonds. The van der Waals surface area contributed by atoms with Gasteiger partial charge in [-0.25, -0.2) is 9.48 Å². The molecule has 1 heterocycles. The van der Waals surface area contributed by atoms with Crippen molar-refractivity contribution < 1.29 is 14.4 Å². The lowest BCUT2D eigenvalue weighted by Gasteiger charge is -2.36. The van der Waals surface area contributed by atoms with Crippen LogP contribution in [0.25, 0.3) is 0 Å². The van der Waals surface area contributed by atoms with Gasteiger partial charge in [-0.15, -0.1) is 0 Å². The number of unbranched alkanes of at least 4 members (excludes halogenated alkanes) is 16. The van der Waals surface area contributed by atoms with E-state index in [2.05, 4.69) is 24.1 Å². The molecule has 1 aliphatic rings. The van der Waals surface area contributed by atoms with Gasteiger partial charge in [0.15, 0.2) is 0 Å². The summed E-state index contributed by atoms with van der Waals surface area (Å²) in [6, 6.07) is 0. The Labute approximate surface area is 210 Å². The molecule has 0 saturated heterocycles. The number of amidine groups is 1. The van der Waals surface area contributed by atoms with Crippen LogP contribution in [0.1, 0.15) is 136 Å². The van der Waals surface area contributed by atoms with Gasteiger partial charge >= 0.3 is 0 Å². The Hall–Kier alpha value is -1.46. The minimum Gasteiger partial charge on any atom is -0.544 e. The van der Waals surface area contributed by atoms with Gasteiger partial charge in [0.05, 0.1) is 12.2 Å². The van der Waals surface area contributed by atoms with Crippen molar-refractivity contribution in [3.8, 4) is 0 Å². The highest BCUT2D eigenvalue weighted by molar-refractivity contribution is 5.81. The van der Waals surface area contributed by atoms with E-state index in [1.807, 2.05) is 6.92 Å². The molecule has 2 atom stereocenters. The summed E-state index contributed by atoms with van der Waals surface area (Å²) >= 11 is 0. The first-order valence-electron chi connectivity index (χ1n) is 14.3. The topological polar surface area (TPSA) is 78.5 Å². The maximum absolute atomic E-state index is 11.2. The summed E-state index contributed by atoms with van der Waals surface area (Å²) in [7, 11) is 0. The molecule has 2 unspecified atom stereocenters. The van der Waals surface area contributed by atoms with Crippen molar-refractivity contribution in [3.05, 3.63) is 24.6 Å². The van der Waals surface area contributed by atoms with Crippen LogP contribution < -0.4 is 10.8 Å². The Morgan fingerprint density at radius 3 is 1.82 bits per heavy atom. The van der Waals surface area contributed by atoms with Crippen LogP contribution in [0.4, 0.5) is 0 Å². The number of hydrogen-bond acceptors (Lipinski definition) is 4. The van der Waals surface area contributed by atoms with Crippen LogP contribution in [-0.2, 0) is 4.79 Å². The Kier molecular flexibility index (Phi) is 17.8. The van der Waals surface area contributed by atoms with Gasteiger partial charge < -0.3 is 9.90 Å². The molecule has 0 radical (unpaired) electrons. The number of nitrogens with zero attached hydrogens (tertiary/aromatic N) is 2. The van der Waals surface area contributed by atoms with Crippen molar-refractivity contribution >= 4 is 11.8 Å². The minimum absolute atomic E-state index is 0.101. The van der Waals surface area contributed by atoms with Gasteiger partial charge in [0.1, 0.15) is 18.9 Å². The van der Waals surface area contributed by atoms with Crippen LogP contribution in [0.15, 0.2) is 29.5 Å². The molecular weight excluding hydrogens is 422 g/mol. The number of carbonyl (C=O) groups excluding carboxylic acids is 1. The zero-order valence-corrected chi connectivity index (χ0v) is 22.3. The maximum atomic E-state index is 11.2. The summed E-state index contributed by atoms with van der Waals surface area (Å²) in [4.78, 5) is 15.6. The first-order valence-corrected chi connectivity index (χ1v) is 14.3. The number of carboxylic acid groups (broad SMARTS) is 1. The number of rotatable bonds is 23. The van der Waals surface area contributed by atoms with E-state index in [9.17, 15) is 9.90 Å². The van der Waals surface area contributed by atoms with Crippen LogP contribution in [0.2, 0.25) is 0 Å². The minimum atomic E-state index is -1.09. The second kappa shape index (κ2) is 19.8. The van der Waals surface area contributed by atoms with E-state index in [4.69, 9.17) is 5.73 Å². The smallest absolute Gasteiger partial charge is 0.209 e. The molecule has 196 valence electrons. The summed E-state index contributed by atoms with van der Waals surface area (Å²) in [6.07, 6.45) is 32.5. The lowest BCUT2D eigenvalue weighted by molar-refractivity contribution is -0.808. The normalized spacial score (nSPS) is 18.6. The number of allylic oxidation sites excluding steroid dienone is 2. The summed E-state index contributed by atoms with van der Waals surface area (Å²) in [5.41, 5.74) is 6.09. The van der Waals surface area contributed by atoms with Gasteiger partial charge in [-0.2, -0.15) is 0 Å². The second-order valence-corrected chi connectivity index (χ2v) is 10.1. The highest BCUT2D eigenvalue weighted by Crippen LogP contribution is 2.23. The van der Waals surface area contributed by atoms with Crippen molar-refractivity contribution in [2.45, 2.75) is 142 Å². The zero-order chi connectivity index (χ0) is 24.9. The van der Waals surface area contributed by atoms with Gasteiger partial charge in [0.2, 0.25) is 5.84 Å². The third-order valence-electron chi connectivity index (χ3n) is 7.07. The van der Waals surface area contributed by atoms with Crippen LogP contribution in [-0.4, -0.2) is 29.0 Å². The fourth-order valence-corrected chi connectivity index (χ4v) is 4.81. The van der Waals surface area contributed by atoms with Crippen LogP contribution >= 0.6 is 0 Å². The number of hydrogen-bond donors (Lipinski definition) is 1. The van der Waals surface area contributed by atoms with E-state index >= 15 is 0 Å². The van der Waals surface area contributed by atoms with Gasteiger partial charge in [-0.05, 0) is 32.1 Å². The fourth-order valence-electron chi connectivity index (χ4n) is 4.81. The Bertz CT molecular complexity index is 612. The molecule has 5 nitrogen and oxygen atoms in total. The van der Waals surface area contributed by atoms with E-state index in [0.29, 0.717) is 0 Å². The van der Waals surface area contributed by atoms with E-state index in [1.165, 1.54) is 96.3 Å². The van der Waals surface area contributed by atoms with Gasteiger partial charge in [0, 0.05) is 13.3 Å². The molecule has 0 bridgehead atoms.